The van der Waals surface area contributed by atoms with Crippen molar-refractivity contribution in [1.29, 1.82) is 0 Å². The third kappa shape index (κ3) is 4.78. The molecule has 2 amide bonds. The Morgan fingerprint density at radius 1 is 1.19 bits per heavy atom. The molecule has 1 aliphatic carbocycles. The molecule has 1 saturated heterocycles. The number of carbonyl (C=O) groups is 2. The van der Waals surface area contributed by atoms with Gasteiger partial charge in [-0.3, -0.25) is 9.59 Å². The van der Waals surface area contributed by atoms with Crippen molar-refractivity contribution < 1.29 is 9.59 Å². The summed E-state index contributed by atoms with van der Waals surface area (Å²) < 4.78 is 0. The molecule has 0 N–H and O–H groups in total. The molecule has 2 fully saturated rings. The maximum absolute atomic E-state index is 12.5. The Hall–Kier alpha value is -1.56. The van der Waals surface area contributed by atoms with Crippen molar-refractivity contribution in [2.45, 2.75) is 56.5 Å². The SMILES string of the molecule is CC1CCC(N(C)C(=O)CSc2ccc(C(=O)N3CCCC3)cn2)CC1. The Balaban J connectivity index is 1.48. The van der Waals surface area contributed by atoms with Crippen LogP contribution in [-0.4, -0.2) is 58.5 Å². The number of thioether (sulfide) groups is 1. The highest BCUT2D eigenvalue weighted by Gasteiger charge is 2.25. The molecular formula is C20H29N3O2S. The van der Waals surface area contributed by atoms with Gasteiger partial charge in [-0.1, -0.05) is 18.7 Å². The van der Waals surface area contributed by atoms with E-state index in [2.05, 4.69) is 11.9 Å². The minimum Gasteiger partial charge on any atom is -0.342 e. The lowest BCUT2D eigenvalue weighted by molar-refractivity contribution is -0.129. The van der Waals surface area contributed by atoms with E-state index >= 15 is 0 Å². The first-order valence-corrected chi connectivity index (χ1v) is 10.7. The number of rotatable bonds is 5. The van der Waals surface area contributed by atoms with Crippen molar-refractivity contribution in [2.75, 3.05) is 25.9 Å². The Labute approximate surface area is 160 Å². The lowest BCUT2D eigenvalue weighted by atomic mass is 9.87. The Kier molecular flexibility index (Phi) is 6.57. The highest BCUT2D eigenvalue weighted by atomic mass is 32.2. The number of carbonyl (C=O) groups excluding carboxylic acids is 2. The maximum Gasteiger partial charge on any atom is 0.255 e. The molecular weight excluding hydrogens is 346 g/mol. The number of amides is 2. The molecule has 0 radical (unpaired) electrons. The van der Waals surface area contributed by atoms with Crippen LogP contribution in [0.25, 0.3) is 0 Å². The van der Waals surface area contributed by atoms with Gasteiger partial charge in [-0.15, -0.1) is 0 Å². The van der Waals surface area contributed by atoms with Gasteiger partial charge in [0.1, 0.15) is 0 Å². The van der Waals surface area contributed by atoms with Crippen LogP contribution in [0.1, 0.15) is 55.8 Å². The number of pyridine rings is 1. The van der Waals surface area contributed by atoms with E-state index in [0.717, 1.165) is 49.7 Å². The molecule has 0 bridgehead atoms. The second-order valence-electron chi connectivity index (χ2n) is 7.59. The van der Waals surface area contributed by atoms with Crippen LogP contribution in [0.2, 0.25) is 0 Å². The zero-order valence-corrected chi connectivity index (χ0v) is 16.6. The van der Waals surface area contributed by atoms with Gasteiger partial charge in [0.25, 0.3) is 5.91 Å². The van der Waals surface area contributed by atoms with E-state index in [4.69, 9.17) is 0 Å². The van der Waals surface area contributed by atoms with Crippen LogP contribution in [0.15, 0.2) is 23.4 Å². The van der Waals surface area contributed by atoms with Crippen LogP contribution in [-0.2, 0) is 4.79 Å². The predicted molar refractivity (Wildman–Crippen MR) is 104 cm³/mol. The molecule has 0 aromatic carbocycles. The molecule has 0 spiro atoms. The van der Waals surface area contributed by atoms with Crippen LogP contribution < -0.4 is 0 Å². The fourth-order valence-corrected chi connectivity index (χ4v) is 4.53. The van der Waals surface area contributed by atoms with Crippen molar-refractivity contribution in [1.82, 2.24) is 14.8 Å². The van der Waals surface area contributed by atoms with Crippen LogP contribution in [0.5, 0.6) is 0 Å². The molecule has 26 heavy (non-hydrogen) atoms. The largest absolute Gasteiger partial charge is 0.342 e. The van der Waals surface area contributed by atoms with E-state index in [9.17, 15) is 9.59 Å². The quantitative estimate of drug-likeness (QED) is 0.740. The highest BCUT2D eigenvalue weighted by Crippen LogP contribution is 2.27. The summed E-state index contributed by atoms with van der Waals surface area (Å²) in [5, 5.41) is 0.794. The topological polar surface area (TPSA) is 53.5 Å². The Morgan fingerprint density at radius 2 is 1.88 bits per heavy atom. The molecule has 2 aliphatic rings. The summed E-state index contributed by atoms with van der Waals surface area (Å²) in [4.78, 5) is 33.0. The molecule has 1 aromatic heterocycles. The van der Waals surface area contributed by atoms with Crippen molar-refractivity contribution in [3.8, 4) is 0 Å². The van der Waals surface area contributed by atoms with Crippen molar-refractivity contribution in [3.05, 3.63) is 23.9 Å². The minimum absolute atomic E-state index is 0.0638. The summed E-state index contributed by atoms with van der Waals surface area (Å²) in [7, 11) is 1.93. The standard InChI is InChI=1S/C20H29N3O2S/c1-15-5-8-17(9-6-15)22(2)19(24)14-26-18-10-7-16(13-21-18)20(25)23-11-3-4-12-23/h7,10,13,15,17H,3-6,8-9,11-12,14H2,1-2H3. The van der Waals surface area contributed by atoms with Crippen molar-refractivity contribution in [3.63, 3.8) is 0 Å². The maximum atomic E-state index is 12.5. The molecule has 1 saturated carbocycles. The van der Waals surface area contributed by atoms with Crippen LogP contribution in [0, 0.1) is 5.92 Å². The second kappa shape index (κ2) is 8.89. The van der Waals surface area contributed by atoms with Gasteiger partial charge in [-0.25, -0.2) is 4.98 Å². The lowest BCUT2D eigenvalue weighted by Crippen LogP contribution is -2.40. The second-order valence-corrected chi connectivity index (χ2v) is 8.59. The summed E-state index contributed by atoms with van der Waals surface area (Å²) in [6.07, 6.45) is 8.46. The molecule has 6 heteroatoms. The third-order valence-corrected chi connectivity index (χ3v) is 6.58. The first-order chi connectivity index (χ1) is 12.5. The summed E-state index contributed by atoms with van der Waals surface area (Å²) in [6, 6.07) is 4.06. The highest BCUT2D eigenvalue weighted by molar-refractivity contribution is 7.99. The summed E-state index contributed by atoms with van der Waals surface area (Å²) in [5.74, 6) is 1.41. The molecule has 0 atom stereocenters. The summed E-state index contributed by atoms with van der Waals surface area (Å²) >= 11 is 1.45. The Bertz CT molecular complexity index is 620. The average Bonchev–Trinajstić information content (AvgIpc) is 3.21. The average molecular weight is 376 g/mol. The number of hydrogen-bond acceptors (Lipinski definition) is 4. The molecule has 142 valence electrons. The smallest absolute Gasteiger partial charge is 0.255 e. The number of aromatic nitrogens is 1. The first kappa shape index (κ1) is 19.2. The fourth-order valence-electron chi connectivity index (χ4n) is 3.77. The zero-order valence-electron chi connectivity index (χ0n) is 15.8. The summed E-state index contributed by atoms with van der Waals surface area (Å²) in [6.45, 7) is 3.98. The van der Waals surface area contributed by atoms with E-state index in [1.165, 1.54) is 24.6 Å². The van der Waals surface area contributed by atoms with E-state index in [0.29, 0.717) is 17.4 Å². The van der Waals surface area contributed by atoms with Gasteiger partial charge < -0.3 is 9.80 Å². The molecule has 2 heterocycles. The van der Waals surface area contributed by atoms with E-state index in [1.54, 1.807) is 6.20 Å². The number of hydrogen-bond donors (Lipinski definition) is 0. The Morgan fingerprint density at radius 3 is 2.50 bits per heavy atom. The van der Waals surface area contributed by atoms with E-state index < -0.39 is 0 Å². The van der Waals surface area contributed by atoms with Crippen molar-refractivity contribution in [2.24, 2.45) is 5.92 Å². The van der Waals surface area contributed by atoms with Gasteiger partial charge in [0.15, 0.2) is 0 Å². The van der Waals surface area contributed by atoms with E-state index in [-0.39, 0.29) is 11.8 Å². The lowest BCUT2D eigenvalue weighted by Gasteiger charge is -2.33. The van der Waals surface area contributed by atoms with Gasteiger partial charge in [-0.05, 0) is 56.6 Å². The fraction of sp³-hybridized carbons (Fsp3) is 0.650. The monoisotopic (exact) mass is 375 g/mol. The van der Waals surface area contributed by atoms with Gasteiger partial charge >= 0.3 is 0 Å². The molecule has 1 aliphatic heterocycles. The van der Waals surface area contributed by atoms with Gasteiger partial charge in [0.2, 0.25) is 5.91 Å². The van der Waals surface area contributed by atoms with Crippen molar-refractivity contribution >= 4 is 23.6 Å². The molecule has 1 aromatic rings. The number of nitrogens with zero attached hydrogens (tertiary/aromatic N) is 3. The molecule has 0 unspecified atom stereocenters. The van der Waals surface area contributed by atoms with Crippen LogP contribution >= 0.6 is 11.8 Å². The zero-order chi connectivity index (χ0) is 18.5. The van der Waals surface area contributed by atoms with Gasteiger partial charge in [-0.2, -0.15) is 0 Å². The normalized spacial score (nSPS) is 23.1. The predicted octanol–water partition coefficient (Wildman–Crippen LogP) is 3.45. The molecule has 3 rings (SSSR count). The van der Waals surface area contributed by atoms with Crippen LogP contribution in [0.4, 0.5) is 0 Å². The number of likely N-dealkylation sites (tertiary alicyclic amines) is 1. The van der Waals surface area contributed by atoms with Crippen LogP contribution in [0.3, 0.4) is 0 Å². The van der Waals surface area contributed by atoms with E-state index in [1.807, 2.05) is 29.0 Å². The molecule has 5 nitrogen and oxygen atoms in total. The first-order valence-electron chi connectivity index (χ1n) is 9.68. The van der Waals surface area contributed by atoms with Gasteiger partial charge in [0, 0.05) is 32.4 Å². The summed E-state index contributed by atoms with van der Waals surface area (Å²) in [5.41, 5.74) is 0.635. The van der Waals surface area contributed by atoms with Gasteiger partial charge in [0.05, 0.1) is 16.3 Å². The minimum atomic E-state index is 0.0638. The third-order valence-electron chi connectivity index (χ3n) is 5.65.